The fourth-order valence-electron chi connectivity index (χ4n) is 3.50. The number of nitrogens with one attached hydrogen (secondary N) is 1. The Morgan fingerprint density at radius 3 is 2.14 bits per heavy atom. The highest BCUT2D eigenvalue weighted by Gasteiger charge is 2.51. The van der Waals surface area contributed by atoms with E-state index in [0.717, 1.165) is 4.90 Å². The maximum absolute atomic E-state index is 15.7. The summed E-state index contributed by atoms with van der Waals surface area (Å²) in [6.45, 7) is 6.86. The zero-order valence-electron chi connectivity index (χ0n) is 19.0. The largest absolute Gasteiger partial charge is 0.459 e. The normalized spacial score (nSPS) is 20.9. The molecule has 1 N–H and O–H groups in total. The van der Waals surface area contributed by atoms with Crippen LogP contribution in [0.4, 0.5) is 9.18 Å². The van der Waals surface area contributed by atoms with Gasteiger partial charge in [-0.25, -0.2) is 18.8 Å². The van der Waals surface area contributed by atoms with Gasteiger partial charge in [-0.15, -0.1) is 13.2 Å². The predicted octanol–water partition coefficient (Wildman–Crippen LogP) is 3.52. The van der Waals surface area contributed by atoms with Crippen LogP contribution < -0.4 is 5.32 Å². The number of carbonyl (C=O) groups excluding carboxylic acids is 3. The molecule has 0 aliphatic carbocycles. The summed E-state index contributed by atoms with van der Waals surface area (Å²) in [5.41, 5.74) is 0.517. The number of rotatable bonds is 10. The highest BCUT2D eigenvalue weighted by molar-refractivity contribution is 5.90. The summed E-state index contributed by atoms with van der Waals surface area (Å²) in [6.07, 6.45) is -3.03. The Morgan fingerprint density at radius 1 is 0.971 bits per heavy atom. The molecule has 1 heterocycles. The van der Waals surface area contributed by atoms with Crippen molar-refractivity contribution >= 4 is 18.0 Å². The Hall–Kier alpha value is -3.98. The number of hydrogen-bond donors (Lipinski definition) is 1. The molecule has 0 spiro atoms. The monoisotopic (exact) mass is 482 g/mol. The minimum Gasteiger partial charge on any atom is -0.459 e. The van der Waals surface area contributed by atoms with Crippen molar-refractivity contribution in [2.75, 3.05) is 19.7 Å². The van der Waals surface area contributed by atoms with Gasteiger partial charge >= 0.3 is 18.0 Å². The van der Waals surface area contributed by atoms with Gasteiger partial charge in [0.2, 0.25) is 0 Å². The zero-order chi connectivity index (χ0) is 25.2. The molecule has 1 aliphatic heterocycles. The number of alkyl halides is 1. The lowest BCUT2D eigenvalue weighted by Crippen LogP contribution is -2.50. The summed E-state index contributed by atoms with van der Waals surface area (Å²) in [6, 6.07) is 15.7. The van der Waals surface area contributed by atoms with Crippen LogP contribution in [0.25, 0.3) is 0 Å². The lowest BCUT2D eigenvalue weighted by atomic mass is 10.1. The summed E-state index contributed by atoms with van der Waals surface area (Å²) in [5, 5.41) is 2.56. The van der Waals surface area contributed by atoms with Gasteiger partial charge in [0, 0.05) is 13.1 Å². The molecular formula is C26H27FN2O6. The van der Waals surface area contributed by atoms with Crippen LogP contribution in [-0.2, 0) is 14.2 Å². The first-order chi connectivity index (χ1) is 17.0. The molecule has 35 heavy (non-hydrogen) atoms. The summed E-state index contributed by atoms with van der Waals surface area (Å²) >= 11 is 0. The van der Waals surface area contributed by atoms with Gasteiger partial charge in [-0.2, -0.15) is 0 Å². The summed E-state index contributed by atoms with van der Waals surface area (Å²) in [4.78, 5) is 38.8. The van der Waals surface area contributed by atoms with Gasteiger partial charge in [-0.1, -0.05) is 48.6 Å². The minimum absolute atomic E-state index is 0.0378. The third-order valence-electron chi connectivity index (χ3n) is 5.20. The third-order valence-corrected chi connectivity index (χ3v) is 5.20. The standard InChI is InChI=1S/C26H27FN2O6/c1-3-15-28-26(32)29(16-4-2)23-21(27)22(35-25(31)19-13-9-6-10-14-19)20(34-23)17-33-24(30)18-11-7-5-8-12-18/h3-14,20-23H,1-2,15-17H2,(H,28,32)/t20-,21+,22-,23?/m1/s1. The number of ether oxygens (including phenoxy) is 3. The summed E-state index contributed by atoms with van der Waals surface area (Å²) in [7, 11) is 0. The Kier molecular flexibility index (Phi) is 9.14. The van der Waals surface area contributed by atoms with E-state index in [0.29, 0.717) is 5.56 Å². The van der Waals surface area contributed by atoms with Crippen LogP contribution in [0, 0.1) is 0 Å². The number of urea groups is 1. The third kappa shape index (κ3) is 6.54. The number of hydrogen-bond acceptors (Lipinski definition) is 6. The molecule has 1 fully saturated rings. The van der Waals surface area contributed by atoms with E-state index in [1.165, 1.54) is 24.3 Å². The minimum atomic E-state index is -1.92. The first-order valence-corrected chi connectivity index (χ1v) is 11.0. The van der Waals surface area contributed by atoms with Crippen molar-refractivity contribution < 1.29 is 33.0 Å². The molecule has 0 saturated carbocycles. The van der Waals surface area contributed by atoms with E-state index in [1.54, 1.807) is 48.5 Å². The van der Waals surface area contributed by atoms with E-state index in [9.17, 15) is 14.4 Å². The Labute approximate surface area is 203 Å². The van der Waals surface area contributed by atoms with Gasteiger partial charge in [-0.05, 0) is 24.3 Å². The zero-order valence-corrected chi connectivity index (χ0v) is 19.0. The fourth-order valence-corrected chi connectivity index (χ4v) is 3.50. The quantitative estimate of drug-likeness (QED) is 0.411. The maximum atomic E-state index is 15.7. The van der Waals surface area contributed by atoms with Crippen molar-refractivity contribution in [3.8, 4) is 0 Å². The van der Waals surface area contributed by atoms with E-state index in [4.69, 9.17) is 14.2 Å². The maximum Gasteiger partial charge on any atom is 0.338 e. The molecule has 2 aromatic rings. The number of nitrogens with zero attached hydrogens (tertiary/aromatic N) is 1. The van der Waals surface area contributed by atoms with Gasteiger partial charge in [0.05, 0.1) is 11.1 Å². The summed E-state index contributed by atoms with van der Waals surface area (Å²) < 4.78 is 32.2. The average molecular weight is 483 g/mol. The van der Waals surface area contributed by atoms with Crippen LogP contribution in [0.5, 0.6) is 0 Å². The number of esters is 2. The van der Waals surface area contributed by atoms with Crippen molar-refractivity contribution in [2.45, 2.75) is 24.6 Å². The van der Waals surface area contributed by atoms with Crippen LogP contribution in [-0.4, -0.2) is 67.2 Å². The number of benzene rings is 2. The van der Waals surface area contributed by atoms with Crippen molar-refractivity contribution in [1.82, 2.24) is 10.2 Å². The van der Waals surface area contributed by atoms with E-state index in [-0.39, 0.29) is 18.7 Å². The van der Waals surface area contributed by atoms with Gasteiger partial charge in [0.15, 0.2) is 18.5 Å². The Balaban J connectivity index is 1.80. The van der Waals surface area contributed by atoms with Crippen LogP contribution in [0.2, 0.25) is 0 Å². The highest BCUT2D eigenvalue weighted by atomic mass is 19.1. The van der Waals surface area contributed by atoms with E-state index >= 15 is 4.39 Å². The molecule has 3 rings (SSSR count). The van der Waals surface area contributed by atoms with E-state index in [2.05, 4.69) is 18.5 Å². The van der Waals surface area contributed by atoms with Gasteiger partial charge in [0.1, 0.15) is 12.7 Å². The fraction of sp³-hybridized carbons (Fsp3) is 0.269. The molecule has 1 unspecified atom stereocenters. The second-order valence-electron chi connectivity index (χ2n) is 7.63. The molecule has 2 amide bonds. The summed E-state index contributed by atoms with van der Waals surface area (Å²) in [5.74, 6) is -1.42. The second kappa shape index (κ2) is 12.5. The first-order valence-electron chi connectivity index (χ1n) is 11.0. The Bertz CT molecular complexity index is 1030. The molecule has 1 aliphatic rings. The SMILES string of the molecule is C=CCNC(=O)N(CC=C)C1O[C@H](COC(=O)c2ccccc2)[C@@H](OC(=O)c2ccccc2)[C@@H]1F. The van der Waals surface area contributed by atoms with Gasteiger partial charge in [-0.3, -0.25) is 4.90 Å². The topological polar surface area (TPSA) is 94.2 Å². The van der Waals surface area contributed by atoms with E-state index in [1.807, 2.05) is 0 Å². The molecule has 0 aromatic heterocycles. The lowest BCUT2D eigenvalue weighted by Gasteiger charge is -2.28. The predicted molar refractivity (Wildman–Crippen MR) is 126 cm³/mol. The van der Waals surface area contributed by atoms with Crippen molar-refractivity contribution in [3.63, 3.8) is 0 Å². The molecular weight excluding hydrogens is 455 g/mol. The number of carbonyl (C=O) groups is 3. The molecule has 8 nitrogen and oxygen atoms in total. The molecule has 4 atom stereocenters. The van der Waals surface area contributed by atoms with Crippen LogP contribution in [0.3, 0.4) is 0 Å². The molecule has 1 saturated heterocycles. The van der Waals surface area contributed by atoms with Gasteiger partial charge < -0.3 is 19.5 Å². The van der Waals surface area contributed by atoms with Crippen LogP contribution in [0.1, 0.15) is 20.7 Å². The smallest absolute Gasteiger partial charge is 0.338 e. The molecule has 0 bridgehead atoms. The van der Waals surface area contributed by atoms with Crippen molar-refractivity contribution in [2.24, 2.45) is 0 Å². The molecule has 2 aromatic carbocycles. The highest BCUT2D eigenvalue weighted by Crippen LogP contribution is 2.30. The number of halogens is 1. The molecule has 9 heteroatoms. The van der Waals surface area contributed by atoms with Crippen molar-refractivity contribution in [3.05, 3.63) is 97.1 Å². The molecule has 0 radical (unpaired) electrons. The first kappa shape index (κ1) is 25.6. The van der Waals surface area contributed by atoms with Gasteiger partial charge in [0.25, 0.3) is 0 Å². The molecule has 184 valence electrons. The van der Waals surface area contributed by atoms with Crippen LogP contribution in [0.15, 0.2) is 86.0 Å². The van der Waals surface area contributed by atoms with E-state index < -0.39 is 49.2 Å². The average Bonchev–Trinajstić information content (AvgIpc) is 3.19. The van der Waals surface area contributed by atoms with Crippen LogP contribution >= 0.6 is 0 Å². The number of amides is 2. The Morgan fingerprint density at radius 2 is 1.57 bits per heavy atom. The van der Waals surface area contributed by atoms with Crippen molar-refractivity contribution in [1.29, 1.82) is 0 Å². The lowest BCUT2D eigenvalue weighted by molar-refractivity contribution is -0.0730. The second-order valence-corrected chi connectivity index (χ2v) is 7.63.